The lowest BCUT2D eigenvalue weighted by Crippen LogP contribution is -2.46. The van der Waals surface area contributed by atoms with Crippen LogP contribution >= 0.6 is 0 Å². The van der Waals surface area contributed by atoms with Gasteiger partial charge in [0.1, 0.15) is 23.8 Å². The summed E-state index contributed by atoms with van der Waals surface area (Å²) in [4.78, 5) is 31.9. The molecule has 0 aromatic carbocycles. The van der Waals surface area contributed by atoms with Gasteiger partial charge in [0.05, 0.1) is 23.0 Å². The maximum Gasteiger partial charge on any atom is 0.406 e. The third-order valence-electron chi connectivity index (χ3n) is 5.20. The van der Waals surface area contributed by atoms with Crippen molar-refractivity contribution < 1.29 is 18.0 Å². The SMILES string of the molecule is Cc1nc(N2CCCC(C(=O)N(C)CC(F)(F)F)C2)c2c(cnc3[nH]ccc32)n1. The van der Waals surface area contributed by atoms with Crippen LogP contribution in [-0.4, -0.2) is 63.6 Å². The van der Waals surface area contributed by atoms with Crippen LogP contribution in [0.2, 0.25) is 0 Å². The summed E-state index contributed by atoms with van der Waals surface area (Å²) in [5, 5.41) is 1.71. The molecule has 1 aliphatic heterocycles. The van der Waals surface area contributed by atoms with E-state index in [0.717, 1.165) is 15.7 Å². The molecule has 10 heteroatoms. The Labute approximate surface area is 164 Å². The Balaban J connectivity index is 1.67. The van der Waals surface area contributed by atoms with Crippen LogP contribution in [0.5, 0.6) is 0 Å². The zero-order valence-corrected chi connectivity index (χ0v) is 16.1. The minimum atomic E-state index is -4.41. The highest BCUT2D eigenvalue weighted by atomic mass is 19.4. The Kier molecular flexibility index (Phi) is 4.79. The first-order valence-corrected chi connectivity index (χ1v) is 9.40. The van der Waals surface area contributed by atoms with E-state index in [0.29, 0.717) is 48.7 Å². The summed E-state index contributed by atoms with van der Waals surface area (Å²) in [5.74, 6) is 0.267. The molecule has 1 saturated heterocycles. The van der Waals surface area contributed by atoms with Crippen molar-refractivity contribution in [2.24, 2.45) is 5.92 Å². The van der Waals surface area contributed by atoms with Crippen molar-refractivity contribution in [2.75, 3.05) is 31.6 Å². The van der Waals surface area contributed by atoms with Crippen molar-refractivity contribution >= 4 is 33.7 Å². The van der Waals surface area contributed by atoms with Crippen molar-refractivity contribution in [3.05, 3.63) is 24.3 Å². The van der Waals surface area contributed by atoms with E-state index in [4.69, 9.17) is 0 Å². The van der Waals surface area contributed by atoms with Gasteiger partial charge in [-0.25, -0.2) is 15.0 Å². The number of alkyl halides is 3. The van der Waals surface area contributed by atoms with E-state index in [1.165, 1.54) is 7.05 Å². The van der Waals surface area contributed by atoms with Crippen LogP contribution in [0, 0.1) is 12.8 Å². The van der Waals surface area contributed by atoms with E-state index in [1.807, 2.05) is 11.0 Å². The number of carbonyl (C=O) groups is 1. The minimum absolute atomic E-state index is 0.320. The highest BCUT2D eigenvalue weighted by molar-refractivity contribution is 6.09. The Hall–Kier alpha value is -2.91. The fourth-order valence-corrected chi connectivity index (χ4v) is 3.98. The average molecular weight is 406 g/mol. The summed E-state index contributed by atoms with van der Waals surface area (Å²) in [7, 11) is 1.20. The second-order valence-corrected chi connectivity index (χ2v) is 7.45. The summed E-state index contributed by atoms with van der Waals surface area (Å²) < 4.78 is 38.0. The predicted molar refractivity (Wildman–Crippen MR) is 103 cm³/mol. The molecule has 1 N–H and O–H groups in total. The number of hydrogen-bond donors (Lipinski definition) is 1. The Bertz CT molecular complexity index is 1060. The zero-order valence-electron chi connectivity index (χ0n) is 16.1. The van der Waals surface area contributed by atoms with Gasteiger partial charge in [-0.3, -0.25) is 4.79 Å². The lowest BCUT2D eigenvalue weighted by Gasteiger charge is -2.35. The van der Waals surface area contributed by atoms with Gasteiger partial charge >= 0.3 is 6.18 Å². The normalized spacial score (nSPS) is 17.8. The van der Waals surface area contributed by atoms with Crippen molar-refractivity contribution in [2.45, 2.75) is 25.9 Å². The number of rotatable bonds is 3. The number of nitrogens with one attached hydrogen (secondary N) is 1. The van der Waals surface area contributed by atoms with E-state index < -0.39 is 24.5 Å². The smallest absolute Gasteiger partial charge is 0.355 e. The average Bonchev–Trinajstić information content (AvgIpc) is 3.14. The minimum Gasteiger partial charge on any atom is -0.355 e. The number of hydrogen-bond acceptors (Lipinski definition) is 5. The van der Waals surface area contributed by atoms with E-state index in [1.54, 1.807) is 19.3 Å². The number of halogens is 3. The number of aryl methyl sites for hydroxylation is 1. The summed E-state index contributed by atoms with van der Waals surface area (Å²) in [6.07, 6.45) is 0.305. The van der Waals surface area contributed by atoms with E-state index in [-0.39, 0.29) is 0 Å². The third-order valence-corrected chi connectivity index (χ3v) is 5.20. The molecular weight excluding hydrogens is 385 g/mol. The fraction of sp³-hybridized carbons (Fsp3) is 0.474. The molecule has 1 amide bonds. The molecule has 3 aromatic rings. The fourth-order valence-electron chi connectivity index (χ4n) is 3.98. The van der Waals surface area contributed by atoms with Gasteiger partial charge in [0, 0.05) is 31.7 Å². The standard InChI is InChI=1S/C19H21F3N6O/c1-11-25-14-8-24-16-13(5-6-23-16)15(14)17(26-11)28-7-3-4-12(9-28)18(29)27(2)10-19(20,21)22/h5-6,8,12H,3-4,7,9-10H2,1-2H3,(H,23,24). The highest BCUT2D eigenvalue weighted by Crippen LogP contribution is 2.33. The molecule has 0 saturated carbocycles. The van der Waals surface area contributed by atoms with Crippen molar-refractivity contribution in [1.29, 1.82) is 0 Å². The predicted octanol–water partition coefficient (Wildman–Crippen LogP) is 3.05. The second-order valence-electron chi connectivity index (χ2n) is 7.45. The van der Waals surface area contributed by atoms with Gasteiger partial charge in [0.2, 0.25) is 5.91 Å². The van der Waals surface area contributed by atoms with E-state index in [2.05, 4.69) is 19.9 Å². The maximum absolute atomic E-state index is 12.7. The van der Waals surface area contributed by atoms with Crippen LogP contribution in [0.4, 0.5) is 19.0 Å². The number of pyridine rings is 1. The molecule has 29 heavy (non-hydrogen) atoms. The molecule has 4 rings (SSSR count). The van der Waals surface area contributed by atoms with Crippen LogP contribution in [0.1, 0.15) is 18.7 Å². The number of anilines is 1. The second kappa shape index (κ2) is 7.16. The van der Waals surface area contributed by atoms with E-state index in [9.17, 15) is 18.0 Å². The molecule has 1 atom stereocenters. The third kappa shape index (κ3) is 3.83. The Morgan fingerprint density at radius 3 is 2.93 bits per heavy atom. The first-order chi connectivity index (χ1) is 13.7. The maximum atomic E-state index is 12.7. The van der Waals surface area contributed by atoms with Gasteiger partial charge in [-0.05, 0) is 25.8 Å². The number of nitrogens with zero attached hydrogens (tertiary/aromatic N) is 5. The molecule has 154 valence electrons. The summed E-state index contributed by atoms with van der Waals surface area (Å²) in [5.41, 5.74) is 1.41. The molecular formula is C19H21F3N6O. The molecule has 1 fully saturated rings. The number of carbonyl (C=O) groups excluding carboxylic acids is 1. The number of fused-ring (bicyclic) bond motifs is 3. The lowest BCUT2D eigenvalue weighted by molar-refractivity contribution is -0.161. The Morgan fingerprint density at radius 1 is 1.38 bits per heavy atom. The van der Waals surface area contributed by atoms with Crippen LogP contribution in [0.3, 0.4) is 0 Å². The van der Waals surface area contributed by atoms with Crippen LogP contribution < -0.4 is 4.90 Å². The van der Waals surface area contributed by atoms with Crippen LogP contribution in [-0.2, 0) is 4.79 Å². The quantitative estimate of drug-likeness (QED) is 0.723. The van der Waals surface area contributed by atoms with Crippen molar-refractivity contribution in [1.82, 2.24) is 24.8 Å². The molecule has 0 radical (unpaired) electrons. The monoisotopic (exact) mass is 406 g/mol. The summed E-state index contributed by atoms with van der Waals surface area (Å²) in [6, 6.07) is 1.90. The van der Waals surface area contributed by atoms with Gasteiger partial charge in [0.15, 0.2) is 0 Å². The van der Waals surface area contributed by atoms with Crippen LogP contribution in [0.25, 0.3) is 21.9 Å². The molecule has 0 bridgehead atoms. The van der Waals surface area contributed by atoms with Crippen molar-refractivity contribution in [3.8, 4) is 0 Å². The molecule has 1 unspecified atom stereocenters. The molecule has 7 nitrogen and oxygen atoms in total. The zero-order chi connectivity index (χ0) is 20.8. The number of aromatic amines is 1. The van der Waals surface area contributed by atoms with E-state index >= 15 is 0 Å². The molecule has 4 heterocycles. The van der Waals surface area contributed by atoms with Gasteiger partial charge in [-0.15, -0.1) is 0 Å². The first kappa shape index (κ1) is 19.4. The first-order valence-electron chi connectivity index (χ1n) is 9.40. The molecule has 3 aromatic heterocycles. The van der Waals surface area contributed by atoms with Gasteiger partial charge in [-0.2, -0.15) is 13.2 Å². The van der Waals surface area contributed by atoms with Crippen molar-refractivity contribution in [3.63, 3.8) is 0 Å². The lowest BCUT2D eigenvalue weighted by atomic mass is 9.96. The summed E-state index contributed by atoms with van der Waals surface area (Å²) in [6.45, 7) is 1.54. The summed E-state index contributed by atoms with van der Waals surface area (Å²) >= 11 is 0. The topological polar surface area (TPSA) is 78.0 Å². The van der Waals surface area contributed by atoms with Gasteiger partial charge in [-0.1, -0.05) is 0 Å². The van der Waals surface area contributed by atoms with Crippen LogP contribution in [0.15, 0.2) is 18.5 Å². The number of H-pyrrole nitrogens is 1. The number of aromatic nitrogens is 4. The number of piperidine rings is 1. The van der Waals surface area contributed by atoms with Gasteiger partial charge in [0.25, 0.3) is 0 Å². The molecule has 0 spiro atoms. The number of amides is 1. The largest absolute Gasteiger partial charge is 0.406 e. The molecule has 1 aliphatic rings. The molecule has 0 aliphatic carbocycles. The van der Waals surface area contributed by atoms with Gasteiger partial charge < -0.3 is 14.8 Å². The highest BCUT2D eigenvalue weighted by Gasteiger charge is 2.35. The Morgan fingerprint density at radius 2 is 2.17 bits per heavy atom.